The fraction of sp³-hybridized carbons (Fsp3) is 0.500. The van der Waals surface area contributed by atoms with Gasteiger partial charge in [-0.25, -0.2) is 0 Å². The lowest BCUT2D eigenvalue weighted by Crippen LogP contribution is -2.20. The molecule has 1 aromatic rings. The van der Waals surface area contributed by atoms with Gasteiger partial charge in [0.05, 0.1) is 12.7 Å². The molecule has 1 aromatic carbocycles. The van der Waals surface area contributed by atoms with Crippen LogP contribution in [-0.2, 0) is 17.8 Å². The van der Waals surface area contributed by atoms with Crippen LogP contribution >= 0.6 is 0 Å². The highest BCUT2D eigenvalue weighted by Gasteiger charge is 2.20. The summed E-state index contributed by atoms with van der Waals surface area (Å²) in [5, 5.41) is 8.45. The average Bonchev–Trinajstić information content (AvgIpc) is 2.54. The van der Waals surface area contributed by atoms with Crippen LogP contribution in [0.4, 0.5) is 4.39 Å². The zero-order valence-electron chi connectivity index (χ0n) is 12.5. The topological polar surface area (TPSA) is 33.0 Å². The molecule has 2 nitrogen and oxygen atoms in total. The van der Waals surface area contributed by atoms with Gasteiger partial charge in [0.2, 0.25) is 0 Å². The molecule has 0 amide bonds. The highest BCUT2D eigenvalue weighted by Crippen LogP contribution is 2.28. The molecule has 0 atom stereocenters. The zero-order chi connectivity index (χ0) is 15.1. The molecular formula is C18H22FNO. The normalized spacial score (nSPS) is 22.8. The highest BCUT2D eigenvalue weighted by molar-refractivity contribution is 5.21. The number of halogens is 1. The minimum atomic E-state index is -0.657. The summed E-state index contributed by atoms with van der Waals surface area (Å²) in [7, 11) is 0. The number of nitriles is 1. The Bertz CT molecular complexity index is 507. The lowest BCUT2D eigenvalue weighted by molar-refractivity contribution is 0.0109. The van der Waals surface area contributed by atoms with Gasteiger partial charge in [0.1, 0.15) is 6.07 Å². The highest BCUT2D eigenvalue weighted by atomic mass is 19.1. The van der Waals surface area contributed by atoms with Gasteiger partial charge in [0.25, 0.3) is 0 Å². The van der Waals surface area contributed by atoms with Crippen molar-refractivity contribution in [2.45, 2.75) is 51.7 Å². The molecule has 0 saturated heterocycles. The smallest absolute Gasteiger partial charge is 0.196 e. The molecule has 0 spiro atoms. The first kappa shape index (κ1) is 15.7. The third-order valence-electron chi connectivity index (χ3n) is 4.12. The van der Waals surface area contributed by atoms with Crippen molar-refractivity contribution in [1.29, 1.82) is 5.26 Å². The van der Waals surface area contributed by atoms with Gasteiger partial charge in [-0.15, -0.1) is 0 Å². The summed E-state index contributed by atoms with van der Waals surface area (Å²) in [6.45, 7) is 2.79. The van der Waals surface area contributed by atoms with E-state index in [9.17, 15) is 4.39 Å². The second-order valence-corrected chi connectivity index (χ2v) is 5.64. The number of ether oxygens (including phenoxy) is 1. The second-order valence-electron chi connectivity index (χ2n) is 5.64. The van der Waals surface area contributed by atoms with Gasteiger partial charge in [-0.2, -0.15) is 9.65 Å². The molecule has 1 aliphatic rings. The summed E-state index contributed by atoms with van der Waals surface area (Å²) in [6, 6.07) is 10.1. The third-order valence-corrected chi connectivity index (χ3v) is 4.12. The van der Waals surface area contributed by atoms with Crippen LogP contribution in [0, 0.1) is 17.2 Å². The zero-order valence-corrected chi connectivity index (χ0v) is 12.5. The molecule has 1 aliphatic carbocycles. The predicted octanol–water partition coefficient (Wildman–Crippen LogP) is 4.70. The van der Waals surface area contributed by atoms with Gasteiger partial charge < -0.3 is 4.74 Å². The van der Waals surface area contributed by atoms with Crippen molar-refractivity contribution in [2.24, 2.45) is 5.92 Å². The lowest BCUT2D eigenvalue weighted by atomic mass is 9.87. The van der Waals surface area contributed by atoms with E-state index < -0.39 is 5.83 Å². The Morgan fingerprint density at radius 1 is 1.24 bits per heavy atom. The molecule has 2 rings (SSSR count). The summed E-state index contributed by atoms with van der Waals surface area (Å²) in [5.41, 5.74) is 2.54. The monoisotopic (exact) mass is 287 g/mol. The fourth-order valence-electron chi connectivity index (χ4n) is 2.75. The first-order chi connectivity index (χ1) is 10.2. The number of nitrogens with zero attached hydrogens (tertiary/aromatic N) is 1. The van der Waals surface area contributed by atoms with Crippen molar-refractivity contribution in [3.05, 3.63) is 47.3 Å². The fourth-order valence-corrected chi connectivity index (χ4v) is 2.75. The van der Waals surface area contributed by atoms with E-state index in [4.69, 9.17) is 10.00 Å². The molecule has 0 bridgehead atoms. The van der Waals surface area contributed by atoms with Crippen molar-refractivity contribution < 1.29 is 9.13 Å². The summed E-state index contributed by atoms with van der Waals surface area (Å²) in [4.78, 5) is 0. The van der Waals surface area contributed by atoms with Crippen molar-refractivity contribution >= 4 is 0 Å². The third kappa shape index (κ3) is 4.99. The first-order valence-electron chi connectivity index (χ1n) is 7.68. The Morgan fingerprint density at radius 3 is 2.43 bits per heavy atom. The van der Waals surface area contributed by atoms with Crippen LogP contribution in [0.3, 0.4) is 0 Å². The van der Waals surface area contributed by atoms with Crippen molar-refractivity contribution in [3.63, 3.8) is 0 Å². The molecule has 112 valence electrons. The van der Waals surface area contributed by atoms with Crippen LogP contribution in [0.2, 0.25) is 0 Å². The molecular weight excluding hydrogens is 265 g/mol. The van der Waals surface area contributed by atoms with E-state index in [1.165, 1.54) is 17.2 Å². The van der Waals surface area contributed by atoms with E-state index in [0.29, 0.717) is 6.61 Å². The van der Waals surface area contributed by atoms with Gasteiger partial charge in [0, 0.05) is 0 Å². The van der Waals surface area contributed by atoms with Crippen LogP contribution in [0.15, 0.2) is 36.2 Å². The van der Waals surface area contributed by atoms with Crippen molar-refractivity contribution in [2.75, 3.05) is 0 Å². The van der Waals surface area contributed by atoms with Gasteiger partial charge >= 0.3 is 0 Å². The first-order valence-corrected chi connectivity index (χ1v) is 7.68. The number of allylic oxidation sites excluding steroid dienone is 2. The van der Waals surface area contributed by atoms with E-state index in [1.54, 1.807) is 6.07 Å². The van der Waals surface area contributed by atoms with Gasteiger partial charge in [-0.1, -0.05) is 31.2 Å². The van der Waals surface area contributed by atoms with Crippen LogP contribution < -0.4 is 0 Å². The molecule has 3 heteroatoms. The van der Waals surface area contributed by atoms with Crippen LogP contribution in [0.1, 0.15) is 43.7 Å². The van der Waals surface area contributed by atoms with E-state index in [1.807, 2.05) is 0 Å². The van der Waals surface area contributed by atoms with Gasteiger partial charge in [-0.05, 0) is 55.2 Å². The summed E-state index contributed by atoms with van der Waals surface area (Å²) in [6.07, 6.45) is 6.44. The predicted molar refractivity (Wildman–Crippen MR) is 81.2 cm³/mol. The molecule has 1 fully saturated rings. The number of aryl methyl sites for hydroxylation is 1. The van der Waals surface area contributed by atoms with Crippen LogP contribution in [0.25, 0.3) is 0 Å². The van der Waals surface area contributed by atoms with Crippen molar-refractivity contribution in [1.82, 2.24) is 0 Å². The molecule has 0 aliphatic heterocycles. The molecule has 21 heavy (non-hydrogen) atoms. The number of rotatable bonds is 5. The SMILES string of the molecule is CCc1ccc(CO[C@H]2CC[C@H](C=C(F)C#N)CC2)cc1. The van der Waals surface area contributed by atoms with E-state index in [2.05, 4.69) is 31.2 Å². The Hall–Kier alpha value is -1.66. The Morgan fingerprint density at radius 2 is 1.86 bits per heavy atom. The number of hydrogen-bond donors (Lipinski definition) is 0. The molecule has 0 aromatic heterocycles. The minimum Gasteiger partial charge on any atom is -0.374 e. The van der Waals surface area contributed by atoms with Gasteiger partial charge in [0.15, 0.2) is 5.83 Å². The quantitative estimate of drug-likeness (QED) is 0.735. The molecule has 0 radical (unpaired) electrons. The standard InChI is InChI=1S/C18H22FNO/c1-2-14-3-5-16(6-4-14)13-21-18-9-7-15(8-10-18)11-17(19)12-20/h3-6,11,15,18H,2,7-10,13H2,1H3/t15-,18-. The van der Waals surface area contributed by atoms with Crippen LogP contribution in [0.5, 0.6) is 0 Å². The Kier molecular flexibility index (Phi) is 5.95. The van der Waals surface area contributed by atoms with Gasteiger partial charge in [-0.3, -0.25) is 0 Å². The Balaban J connectivity index is 1.75. The largest absolute Gasteiger partial charge is 0.374 e. The lowest BCUT2D eigenvalue weighted by Gasteiger charge is -2.26. The molecule has 0 heterocycles. The maximum atomic E-state index is 12.9. The molecule has 0 N–H and O–H groups in total. The summed E-state index contributed by atoms with van der Waals surface area (Å²) >= 11 is 0. The van der Waals surface area contributed by atoms with E-state index in [-0.39, 0.29) is 12.0 Å². The summed E-state index contributed by atoms with van der Waals surface area (Å²) in [5.74, 6) is -0.469. The van der Waals surface area contributed by atoms with E-state index >= 15 is 0 Å². The molecule has 1 saturated carbocycles. The maximum absolute atomic E-state index is 12.9. The summed E-state index contributed by atoms with van der Waals surface area (Å²) < 4.78 is 18.9. The molecule has 0 unspecified atom stereocenters. The van der Waals surface area contributed by atoms with Crippen molar-refractivity contribution in [3.8, 4) is 6.07 Å². The van der Waals surface area contributed by atoms with E-state index in [0.717, 1.165) is 32.1 Å². The number of hydrogen-bond acceptors (Lipinski definition) is 2. The second kappa shape index (κ2) is 7.95. The average molecular weight is 287 g/mol. The number of benzene rings is 1. The maximum Gasteiger partial charge on any atom is 0.196 e. The Labute approximate surface area is 126 Å². The minimum absolute atomic E-state index is 0.188. The van der Waals surface area contributed by atoms with Crippen LogP contribution in [-0.4, -0.2) is 6.10 Å².